The Morgan fingerprint density at radius 1 is 0.694 bits per heavy atom. The number of benzene rings is 7. The van der Waals surface area contributed by atoms with E-state index in [-0.39, 0.29) is 20.1 Å². The molecule has 62 heavy (non-hydrogen) atoms. The van der Waals surface area contributed by atoms with Gasteiger partial charge in [-0.3, -0.25) is 16.3 Å². The standard InChI is InChI=1S/C38H25N2S.C18H24NSi.Ir/c1-25-19-20-28-22-32-33(24-41-36(32)23-29(28)21-25)38-39-34-17-8-9-18-35(34)40(38)37-30(26-11-4-2-5-12-26)15-10-16-31(37)27-13-6-3-7-14-27;1-14(2)11-16-12-17(15-9-7-6-8-10-15)19-13-18(16)20(3,4)5;/h2-23H,1H3;6-9,12-14H,11H2,1-5H3;/q2*-1;. The molecule has 0 spiro atoms. The number of fused-ring (bicyclic) bond motifs is 3. The van der Waals surface area contributed by atoms with Crippen LogP contribution in [-0.2, 0) is 26.5 Å². The third kappa shape index (κ3) is 8.79. The number of aromatic nitrogens is 3. The van der Waals surface area contributed by atoms with Crippen molar-refractivity contribution in [2.75, 3.05) is 0 Å². The van der Waals surface area contributed by atoms with Crippen molar-refractivity contribution >= 4 is 56.5 Å². The van der Waals surface area contributed by atoms with Gasteiger partial charge in [-0.1, -0.05) is 188 Å². The van der Waals surface area contributed by atoms with Gasteiger partial charge in [0.2, 0.25) is 0 Å². The van der Waals surface area contributed by atoms with E-state index in [2.05, 4.69) is 213 Å². The first-order chi connectivity index (χ1) is 29.6. The smallest absolute Gasteiger partial charge is 0.0798 e. The van der Waals surface area contributed by atoms with Crippen LogP contribution in [0.2, 0.25) is 19.6 Å². The van der Waals surface area contributed by atoms with E-state index in [1.807, 2.05) is 18.2 Å². The van der Waals surface area contributed by atoms with Crippen LogP contribution in [-0.4, -0.2) is 22.6 Å². The zero-order valence-corrected chi connectivity index (χ0v) is 40.2. The van der Waals surface area contributed by atoms with Crippen LogP contribution in [0.25, 0.3) is 82.5 Å². The number of hydrogen-bond acceptors (Lipinski definition) is 3. The van der Waals surface area contributed by atoms with Gasteiger partial charge in [0.25, 0.3) is 0 Å². The summed E-state index contributed by atoms with van der Waals surface area (Å²) in [5.41, 5.74) is 13.7. The Labute approximate surface area is 384 Å². The van der Waals surface area contributed by atoms with Crippen molar-refractivity contribution in [3.8, 4) is 50.6 Å². The summed E-state index contributed by atoms with van der Waals surface area (Å²) in [5, 5.41) is 8.83. The van der Waals surface area contributed by atoms with Crippen LogP contribution in [0.3, 0.4) is 0 Å². The SMILES string of the molecule is CC(C)Cc1cc(-c2[c-]cccc2)ncc1[Si](C)(C)C.Cc1ccc2cc3c(-c4nc5ccccc5n4-c4c(-c5ccccc5)cccc4-c4ccccc4)[c-]sc3cc2c1.[Ir]. The Morgan fingerprint density at radius 3 is 2.03 bits per heavy atom. The number of pyridine rings is 1. The maximum atomic E-state index is 5.28. The maximum Gasteiger partial charge on any atom is 0.0798 e. The molecule has 3 heterocycles. The Hall–Kier alpha value is -5.75. The quantitative estimate of drug-likeness (QED) is 0.112. The Bertz CT molecular complexity index is 3070. The summed E-state index contributed by atoms with van der Waals surface area (Å²) in [4.78, 5) is 9.97. The average Bonchev–Trinajstić information content (AvgIpc) is 3.86. The van der Waals surface area contributed by atoms with Gasteiger partial charge in [0.05, 0.1) is 30.6 Å². The van der Waals surface area contributed by atoms with E-state index in [1.165, 1.54) is 48.3 Å². The molecule has 0 N–H and O–H groups in total. The van der Waals surface area contributed by atoms with Crippen molar-refractivity contribution in [2.24, 2.45) is 5.92 Å². The molecule has 6 heteroatoms. The minimum atomic E-state index is -1.34. The maximum absolute atomic E-state index is 5.28. The number of imidazole rings is 1. The van der Waals surface area contributed by atoms with E-state index >= 15 is 0 Å². The number of aryl methyl sites for hydroxylation is 1. The van der Waals surface area contributed by atoms with Crippen LogP contribution in [0.1, 0.15) is 25.0 Å². The molecule has 3 nitrogen and oxygen atoms in total. The van der Waals surface area contributed by atoms with Crippen LogP contribution in [0.15, 0.2) is 170 Å². The van der Waals surface area contributed by atoms with Gasteiger partial charge >= 0.3 is 0 Å². The molecule has 0 saturated carbocycles. The molecule has 0 bridgehead atoms. The van der Waals surface area contributed by atoms with Gasteiger partial charge in [-0.2, -0.15) is 0 Å². The van der Waals surface area contributed by atoms with E-state index < -0.39 is 8.07 Å². The number of hydrogen-bond donors (Lipinski definition) is 0. The second-order valence-electron chi connectivity index (χ2n) is 17.3. The molecule has 0 unspecified atom stereocenters. The molecule has 0 saturated heterocycles. The molecule has 0 amide bonds. The predicted octanol–water partition coefficient (Wildman–Crippen LogP) is 14.8. The molecule has 3 aromatic heterocycles. The van der Waals surface area contributed by atoms with E-state index in [1.54, 1.807) is 11.3 Å². The molecule has 1 radical (unpaired) electrons. The predicted molar refractivity (Wildman–Crippen MR) is 264 cm³/mol. The second kappa shape index (κ2) is 18.3. The summed E-state index contributed by atoms with van der Waals surface area (Å²) in [6, 6.07) is 61.2. The van der Waals surface area contributed by atoms with E-state index in [0.29, 0.717) is 5.92 Å². The minimum Gasteiger partial charge on any atom is -0.332 e. The van der Waals surface area contributed by atoms with Gasteiger partial charge in [0.15, 0.2) is 0 Å². The Balaban J connectivity index is 0.000000214. The van der Waals surface area contributed by atoms with Crippen LogP contribution in [0.5, 0.6) is 0 Å². The van der Waals surface area contributed by atoms with Gasteiger partial charge in [0.1, 0.15) is 0 Å². The van der Waals surface area contributed by atoms with Crippen LogP contribution in [0.4, 0.5) is 0 Å². The summed E-state index contributed by atoms with van der Waals surface area (Å²) in [7, 11) is -1.34. The summed E-state index contributed by atoms with van der Waals surface area (Å²) < 4.78 is 3.58. The fraction of sp³-hybridized carbons (Fsp3) is 0.143. The van der Waals surface area contributed by atoms with Gasteiger partial charge in [-0.25, -0.2) is 0 Å². The second-order valence-corrected chi connectivity index (χ2v) is 23.2. The van der Waals surface area contributed by atoms with Crippen molar-refractivity contribution in [1.82, 2.24) is 14.5 Å². The molecule has 0 aliphatic rings. The van der Waals surface area contributed by atoms with Crippen LogP contribution >= 0.6 is 11.3 Å². The number of para-hydroxylation sites is 3. The summed E-state index contributed by atoms with van der Waals surface area (Å²) in [6.45, 7) is 13.9. The largest absolute Gasteiger partial charge is 0.332 e. The Kier molecular flexibility index (Phi) is 12.7. The normalized spacial score (nSPS) is 11.5. The van der Waals surface area contributed by atoms with E-state index in [4.69, 9.17) is 4.98 Å². The van der Waals surface area contributed by atoms with Crippen molar-refractivity contribution in [3.05, 3.63) is 193 Å². The summed E-state index contributed by atoms with van der Waals surface area (Å²) >= 11 is 1.67. The van der Waals surface area contributed by atoms with Crippen molar-refractivity contribution in [3.63, 3.8) is 0 Å². The van der Waals surface area contributed by atoms with Crippen molar-refractivity contribution < 1.29 is 20.1 Å². The summed E-state index contributed by atoms with van der Waals surface area (Å²) in [6.07, 6.45) is 3.24. The Morgan fingerprint density at radius 2 is 1.37 bits per heavy atom. The number of nitrogens with zero attached hydrogens (tertiary/aromatic N) is 3. The molecule has 0 aliphatic heterocycles. The molecule has 309 valence electrons. The molecule has 0 aliphatic carbocycles. The molecule has 10 aromatic rings. The number of thiophene rings is 1. The molecule has 10 rings (SSSR count). The van der Waals surface area contributed by atoms with Crippen LogP contribution < -0.4 is 5.19 Å². The third-order valence-corrected chi connectivity index (χ3v) is 14.2. The molecular formula is C56H49IrN3SSi-2. The first-order valence-electron chi connectivity index (χ1n) is 21.2. The van der Waals surface area contributed by atoms with E-state index in [9.17, 15) is 0 Å². The van der Waals surface area contributed by atoms with Crippen molar-refractivity contribution in [2.45, 2.75) is 46.8 Å². The minimum absolute atomic E-state index is 0. The monoisotopic (exact) mass is 1020 g/mol. The first-order valence-corrected chi connectivity index (χ1v) is 25.5. The van der Waals surface area contributed by atoms with Crippen molar-refractivity contribution in [1.29, 1.82) is 0 Å². The van der Waals surface area contributed by atoms with Gasteiger partial charge in [0, 0.05) is 37.4 Å². The zero-order chi connectivity index (χ0) is 42.1. The topological polar surface area (TPSA) is 30.7 Å². The average molecular weight is 1020 g/mol. The molecule has 0 fully saturated rings. The van der Waals surface area contributed by atoms with Gasteiger partial charge < -0.3 is 9.55 Å². The number of rotatable bonds is 8. The molecule has 0 atom stereocenters. The van der Waals surface area contributed by atoms with Gasteiger partial charge in [-0.15, -0.1) is 41.3 Å². The molecule has 7 aromatic carbocycles. The first kappa shape index (κ1) is 42.9. The summed E-state index contributed by atoms with van der Waals surface area (Å²) in [5.74, 6) is 1.57. The van der Waals surface area contributed by atoms with Crippen LogP contribution in [0, 0.1) is 24.3 Å². The van der Waals surface area contributed by atoms with Gasteiger partial charge in [-0.05, 0) is 64.2 Å². The molecular weight excluding hydrogens is 967 g/mol. The zero-order valence-electron chi connectivity index (χ0n) is 36.0. The third-order valence-electron chi connectivity index (χ3n) is 11.3. The fourth-order valence-corrected chi connectivity index (χ4v) is 10.8. The fourth-order valence-electron chi connectivity index (χ4n) is 8.39. The van der Waals surface area contributed by atoms with E-state index in [0.717, 1.165) is 56.9 Å².